The van der Waals surface area contributed by atoms with Crippen LogP contribution in [0, 0.1) is 6.92 Å². The largest absolute Gasteiger partial charge is 0.374 e. The molecule has 0 atom stereocenters. The molecule has 0 saturated carbocycles. The van der Waals surface area contributed by atoms with E-state index >= 15 is 0 Å². The van der Waals surface area contributed by atoms with Crippen molar-refractivity contribution in [3.63, 3.8) is 0 Å². The highest BCUT2D eigenvalue weighted by molar-refractivity contribution is 5.77. The van der Waals surface area contributed by atoms with E-state index < -0.39 is 0 Å². The second-order valence-corrected chi connectivity index (χ2v) is 5.09. The number of hydrogen-bond acceptors (Lipinski definition) is 3. The van der Waals surface area contributed by atoms with Gasteiger partial charge in [0.05, 0.1) is 0 Å². The van der Waals surface area contributed by atoms with Gasteiger partial charge in [0.2, 0.25) is 5.91 Å². The van der Waals surface area contributed by atoms with Crippen molar-refractivity contribution in [1.82, 2.24) is 10.2 Å². The van der Waals surface area contributed by atoms with Gasteiger partial charge in [-0.1, -0.05) is 18.2 Å². The molecule has 0 unspecified atom stereocenters. The molecular formula is C15H23N3O. The lowest BCUT2D eigenvalue weighted by Crippen LogP contribution is -2.47. The van der Waals surface area contributed by atoms with E-state index in [1.807, 2.05) is 24.1 Å². The predicted octanol–water partition coefficient (Wildman–Crippen LogP) is 1.25. The fourth-order valence-corrected chi connectivity index (χ4v) is 2.45. The van der Waals surface area contributed by atoms with E-state index in [0.29, 0.717) is 6.42 Å². The number of anilines is 1. The fourth-order valence-electron chi connectivity index (χ4n) is 2.45. The van der Waals surface area contributed by atoms with Crippen molar-refractivity contribution in [2.75, 3.05) is 44.7 Å². The van der Waals surface area contributed by atoms with Crippen LogP contribution in [0.15, 0.2) is 24.3 Å². The van der Waals surface area contributed by atoms with E-state index in [-0.39, 0.29) is 5.91 Å². The maximum Gasteiger partial charge on any atom is 0.224 e. The summed E-state index contributed by atoms with van der Waals surface area (Å²) in [4.78, 5) is 16.2. The summed E-state index contributed by atoms with van der Waals surface area (Å²) in [6, 6.07) is 8.28. The molecule has 1 aliphatic heterocycles. The minimum absolute atomic E-state index is 0.266. The van der Waals surface area contributed by atoms with E-state index in [2.05, 4.69) is 29.3 Å². The molecule has 4 nitrogen and oxygen atoms in total. The summed E-state index contributed by atoms with van der Waals surface area (Å²) in [5.41, 5.74) is 2.45. The maximum atomic E-state index is 12.1. The summed E-state index contributed by atoms with van der Waals surface area (Å²) in [7, 11) is 2.05. The van der Waals surface area contributed by atoms with Crippen LogP contribution in [0.5, 0.6) is 0 Å². The Hall–Kier alpha value is -1.55. The van der Waals surface area contributed by atoms with Crippen molar-refractivity contribution >= 4 is 11.6 Å². The summed E-state index contributed by atoms with van der Waals surface area (Å²) in [6.07, 6.45) is 0.588. The summed E-state index contributed by atoms with van der Waals surface area (Å²) >= 11 is 0. The first-order valence-electron chi connectivity index (χ1n) is 6.94. The first kappa shape index (κ1) is 13.9. The Bertz CT molecular complexity index is 427. The lowest BCUT2D eigenvalue weighted by atomic mass is 10.2. The second kappa shape index (κ2) is 6.57. The zero-order valence-electron chi connectivity index (χ0n) is 11.9. The van der Waals surface area contributed by atoms with Crippen LogP contribution in [-0.2, 0) is 4.79 Å². The van der Waals surface area contributed by atoms with Gasteiger partial charge in [-0.3, -0.25) is 4.79 Å². The molecule has 0 aromatic heterocycles. The average molecular weight is 261 g/mol. The Morgan fingerprint density at radius 3 is 2.68 bits per heavy atom. The minimum atomic E-state index is 0.266. The highest BCUT2D eigenvalue weighted by atomic mass is 16.2. The van der Waals surface area contributed by atoms with Crippen molar-refractivity contribution in [2.24, 2.45) is 0 Å². The molecule has 1 aromatic carbocycles. The average Bonchev–Trinajstić information content (AvgIpc) is 2.46. The number of nitrogens with zero attached hydrogens (tertiary/aromatic N) is 2. The number of aryl methyl sites for hydroxylation is 1. The molecular weight excluding hydrogens is 238 g/mol. The van der Waals surface area contributed by atoms with Crippen molar-refractivity contribution in [3.8, 4) is 0 Å². The van der Waals surface area contributed by atoms with Gasteiger partial charge in [-0.25, -0.2) is 0 Å². The molecule has 1 saturated heterocycles. The van der Waals surface area contributed by atoms with Gasteiger partial charge in [-0.2, -0.15) is 0 Å². The van der Waals surface area contributed by atoms with Crippen molar-refractivity contribution in [3.05, 3.63) is 29.8 Å². The minimum Gasteiger partial charge on any atom is -0.374 e. The molecule has 2 rings (SSSR count). The third kappa shape index (κ3) is 3.70. The molecule has 1 fully saturated rings. The van der Waals surface area contributed by atoms with Crippen molar-refractivity contribution in [1.29, 1.82) is 0 Å². The third-order valence-corrected chi connectivity index (χ3v) is 3.66. The number of rotatable bonds is 4. The van der Waals surface area contributed by atoms with Gasteiger partial charge in [0.15, 0.2) is 0 Å². The molecule has 1 amide bonds. The monoisotopic (exact) mass is 261 g/mol. The highest BCUT2D eigenvalue weighted by Crippen LogP contribution is 2.17. The summed E-state index contributed by atoms with van der Waals surface area (Å²) in [5, 5.41) is 3.26. The Labute approximate surface area is 115 Å². The molecule has 0 bridgehead atoms. The lowest BCUT2D eigenvalue weighted by molar-refractivity contribution is -0.131. The van der Waals surface area contributed by atoms with E-state index in [9.17, 15) is 4.79 Å². The first-order chi connectivity index (χ1) is 9.18. The smallest absolute Gasteiger partial charge is 0.224 e. The molecule has 4 heteroatoms. The van der Waals surface area contributed by atoms with Crippen LogP contribution in [-0.4, -0.2) is 50.6 Å². The number of hydrogen-bond donors (Lipinski definition) is 1. The third-order valence-electron chi connectivity index (χ3n) is 3.66. The number of carbonyl (C=O) groups is 1. The number of para-hydroxylation sites is 1. The van der Waals surface area contributed by atoms with Gasteiger partial charge in [-0.15, -0.1) is 0 Å². The molecule has 1 aliphatic rings. The van der Waals surface area contributed by atoms with E-state index in [4.69, 9.17) is 0 Å². The number of amides is 1. The van der Waals surface area contributed by atoms with Crippen LogP contribution >= 0.6 is 0 Å². The standard InChI is InChI=1S/C15H23N3O/c1-13-5-3-4-6-14(13)17(2)10-7-15(19)18-11-8-16-9-12-18/h3-6,16H,7-12H2,1-2H3. The van der Waals surface area contributed by atoms with E-state index in [1.54, 1.807) is 0 Å². The molecule has 104 valence electrons. The predicted molar refractivity (Wildman–Crippen MR) is 78.5 cm³/mol. The van der Waals surface area contributed by atoms with Crippen LogP contribution in [0.1, 0.15) is 12.0 Å². The van der Waals surface area contributed by atoms with Gasteiger partial charge in [0.25, 0.3) is 0 Å². The van der Waals surface area contributed by atoms with Crippen LogP contribution in [0.4, 0.5) is 5.69 Å². The van der Waals surface area contributed by atoms with Crippen LogP contribution in [0.25, 0.3) is 0 Å². The molecule has 1 N–H and O–H groups in total. The number of nitrogens with one attached hydrogen (secondary N) is 1. The Balaban J connectivity index is 1.84. The molecule has 0 aliphatic carbocycles. The highest BCUT2D eigenvalue weighted by Gasteiger charge is 2.16. The van der Waals surface area contributed by atoms with Crippen molar-refractivity contribution in [2.45, 2.75) is 13.3 Å². The van der Waals surface area contributed by atoms with E-state index in [0.717, 1.165) is 32.7 Å². The summed E-state index contributed by atoms with van der Waals surface area (Å²) in [6.45, 7) is 6.39. The van der Waals surface area contributed by atoms with Gasteiger partial charge >= 0.3 is 0 Å². The topological polar surface area (TPSA) is 35.6 Å². The Kier molecular flexibility index (Phi) is 4.80. The normalized spacial score (nSPS) is 15.4. The molecule has 0 spiro atoms. The van der Waals surface area contributed by atoms with Crippen LogP contribution in [0.3, 0.4) is 0 Å². The molecule has 1 aromatic rings. The first-order valence-corrected chi connectivity index (χ1v) is 6.94. The van der Waals surface area contributed by atoms with Gasteiger partial charge in [-0.05, 0) is 18.6 Å². The van der Waals surface area contributed by atoms with E-state index in [1.165, 1.54) is 11.3 Å². The zero-order valence-corrected chi connectivity index (χ0v) is 11.9. The van der Waals surface area contributed by atoms with Crippen LogP contribution < -0.4 is 10.2 Å². The summed E-state index contributed by atoms with van der Waals surface area (Å²) in [5.74, 6) is 0.266. The van der Waals surface area contributed by atoms with Gasteiger partial charge in [0.1, 0.15) is 0 Å². The lowest BCUT2D eigenvalue weighted by Gasteiger charge is -2.28. The quantitative estimate of drug-likeness (QED) is 0.886. The fraction of sp³-hybridized carbons (Fsp3) is 0.533. The number of carbonyl (C=O) groups excluding carboxylic acids is 1. The number of piperazine rings is 1. The molecule has 1 heterocycles. The van der Waals surface area contributed by atoms with Crippen molar-refractivity contribution < 1.29 is 4.79 Å². The Morgan fingerprint density at radius 2 is 2.00 bits per heavy atom. The number of benzene rings is 1. The zero-order chi connectivity index (χ0) is 13.7. The maximum absolute atomic E-state index is 12.1. The SMILES string of the molecule is Cc1ccccc1N(C)CCC(=O)N1CCNCC1. The molecule has 0 radical (unpaired) electrons. The van der Waals surface area contributed by atoms with Gasteiger partial charge in [0, 0.05) is 51.9 Å². The van der Waals surface area contributed by atoms with Gasteiger partial charge < -0.3 is 15.1 Å². The Morgan fingerprint density at radius 1 is 1.32 bits per heavy atom. The second-order valence-electron chi connectivity index (χ2n) is 5.09. The summed E-state index contributed by atoms with van der Waals surface area (Å²) < 4.78 is 0. The molecule has 19 heavy (non-hydrogen) atoms. The van der Waals surface area contributed by atoms with Crippen LogP contribution in [0.2, 0.25) is 0 Å².